The van der Waals surface area contributed by atoms with Gasteiger partial charge in [0.1, 0.15) is 0 Å². The Morgan fingerprint density at radius 2 is 1.66 bits per heavy atom. The van der Waals surface area contributed by atoms with E-state index in [1.807, 2.05) is 11.9 Å². The molecule has 3 aliphatic heterocycles. The second-order valence-corrected chi connectivity index (χ2v) is 8.44. The number of rotatable bonds is 5. The maximum absolute atomic E-state index is 12.7. The zero-order valence-electron chi connectivity index (χ0n) is 18.6. The summed E-state index contributed by atoms with van der Waals surface area (Å²) in [4.78, 5) is 26.5. The summed E-state index contributed by atoms with van der Waals surface area (Å²) in [7, 11) is 1.88. The van der Waals surface area contributed by atoms with Crippen molar-refractivity contribution < 1.29 is 4.79 Å². The number of hydrogen-bond acceptors (Lipinski definition) is 4. The van der Waals surface area contributed by atoms with Crippen LogP contribution in [0.3, 0.4) is 0 Å². The Morgan fingerprint density at radius 1 is 1.00 bits per heavy atom. The van der Waals surface area contributed by atoms with Gasteiger partial charge in [-0.05, 0) is 45.7 Å². The van der Waals surface area contributed by atoms with Crippen LogP contribution >= 0.6 is 24.0 Å². The number of likely N-dealkylation sites (N-methyl/N-ethyl adjacent to an activating group) is 1. The molecular weight excluding hydrogens is 479 g/mol. The van der Waals surface area contributed by atoms with E-state index in [4.69, 9.17) is 0 Å². The van der Waals surface area contributed by atoms with Crippen LogP contribution in [0.5, 0.6) is 0 Å². The van der Waals surface area contributed by atoms with Crippen LogP contribution in [-0.2, 0) is 4.79 Å². The number of nitrogens with one attached hydrogen (secondary N) is 1. The quantitative estimate of drug-likeness (QED) is 0.340. The van der Waals surface area contributed by atoms with Gasteiger partial charge in [0.05, 0.1) is 6.04 Å². The number of nitrogens with zero attached hydrogens (tertiary/aromatic N) is 5. The highest BCUT2D eigenvalue weighted by Crippen LogP contribution is 2.16. The molecule has 1 N–H and O–H groups in total. The van der Waals surface area contributed by atoms with Crippen LogP contribution in [0, 0.1) is 0 Å². The van der Waals surface area contributed by atoms with Crippen molar-refractivity contribution in [1.82, 2.24) is 24.9 Å². The zero-order valence-corrected chi connectivity index (χ0v) is 20.9. The van der Waals surface area contributed by atoms with Gasteiger partial charge in [0.25, 0.3) is 0 Å². The third kappa shape index (κ3) is 6.43. The van der Waals surface area contributed by atoms with Gasteiger partial charge in [-0.15, -0.1) is 24.0 Å². The maximum atomic E-state index is 12.7. The van der Waals surface area contributed by atoms with Gasteiger partial charge in [-0.25, -0.2) is 0 Å². The van der Waals surface area contributed by atoms with Crippen molar-refractivity contribution in [2.75, 3.05) is 66.0 Å². The van der Waals surface area contributed by atoms with Crippen LogP contribution in [0.15, 0.2) is 4.99 Å². The number of aliphatic imine (C=N–C) groups is 1. The molecule has 1 amide bonds. The van der Waals surface area contributed by atoms with E-state index in [1.165, 1.54) is 25.8 Å². The molecule has 0 bridgehead atoms. The summed E-state index contributed by atoms with van der Waals surface area (Å²) in [6.45, 7) is 13.3. The van der Waals surface area contributed by atoms with Gasteiger partial charge in [-0.3, -0.25) is 19.6 Å². The van der Waals surface area contributed by atoms with Crippen LogP contribution in [0.25, 0.3) is 0 Å². The Balaban J connectivity index is 0.00000300. The molecule has 3 fully saturated rings. The molecule has 3 heterocycles. The van der Waals surface area contributed by atoms with E-state index < -0.39 is 0 Å². The molecule has 0 saturated carbocycles. The lowest BCUT2D eigenvalue weighted by Gasteiger charge is -2.40. The SMILES string of the molecule is CCN1CCCCC1CNC(=NC)N1CCN(C(C)C(=O)N2CCCC2)CC1.I. The third-order valence-electron chi connectivity index (χ3n) is 6.80. The molecule has 0 aromatic rings. The monoisotopic (exact) mass is 520 g/mol. The number of amides is 1. The van der Waals surface area contributed by atoms with Crippen molar-refractivity contribution in [2.45, 2.75) is 58.0 Å². The summed E-state index contributed by atoms with van der Waals surface area (Å²) in [5.41, 5.74) is 0. The third-order valence-corrected chi connectivity index (χ3v) is 6.80. The molecule has 2 atom stereocenters. The molecule has 0 aromatic heterocycles. The van der Waals surface area contributed by atoms with Crippen LogP contribution in [0.1, 0.15) is 46.0 Å². The van der Waals surface area contributed by atoms with Gasteiger partial charge in [-0.1, -0.05) is 13.3 Å². The highest BCUT2D eigenvalue weighted by molar-refractivity contribution is 14.0. The minimum atomic E-state index is -0.00410. The normalized spacial score (nSPS) is 25.6. The fourth-order valence-electron chi connectivity index (χ4n) is 4.93. The van der Waals surface area contributed by atoms with E-state index >= 15 is 0 Å². The van der Waals surface area contributed by atoms with Crippen molar-refractivity contribution in [2.24, 2.45) is 4.99 Å². The molecule has 2 unspecified atom stereocenters. The molecule has 3 saturated heterocycles. The number of hydrogen-bond donors (Lipinski definition) is 1. The van der Waals surface area contributed by atoms with Gasteiger partial charge in [0.15, 0.2) is 5.96 Å². The molecule has 0 spiro atoms. The van der Waals surface area contributed by atoms with Gasteiger partial charge in [0, 0.05) is 58.9 Å². The summed E-state index contributed by atoms with van der Waals surface area (Å²) in [5.74, 6) is 1.32. The van der Waals surface area contributed by atoms with E-state index in [0.29, 0.717) is 11.9 Å². The van der Waals surface area contributed by atoms with Gasteiger partial charge in [0.2, 0.25) is 5.91 Å². The van der Waals surface area contributed by atoms with Crippen molar-refractivity contribution >= 4 is 35.8 Å². The van der Waals surface area contributed by atoms with Crippen molar-refractivity contribution in [1.29, 1.82) is 0 Å². The van der Waals surface area contributed by atoms with E-state index in [9.17, 15) is 4.79 Å². The minimum Gasteiger partial charge on any atom is -0.355 e. The van der Waals surface area contributed by atoms with Gasteiger partial charge < -0.3 is 15.1 Å². The van der Waals surface area contributed by atoms with E-state index in [2.05, 4.69) is 38.9 Å². The average molecular weight is 521 g/mol. The first kappa shape index (κ1) is 24.7. The average Bonchev–Trinajstić information content (AvgIpc) is 3.29. The van der Waals surface area contributed by atoms with Crippen LogP contribution in [0.4, 0.5) is 0 Å². The first-order chi connectivity index (χ1) is 13.6. The lowest BCUT2D eigenvalue weighted by molar-refractivity contribution is -0.135. The van der Waals surface area contributed by atoms with E-state index in [-0.39, 0.29) is 30.0 Å². The number of piperidine rings is 1. The molecule has 8 heteroatoms. The largest absolute Gasteiger partial charge is 0.355 e. The molecule has 7 nitrogen and oxygen atoms in total. The fourth-order valence-corrected chi connectivity index (χ4v) is 4.93. The molecule has 3 rings (SSSR count). The molecule has 0 aliphatic carbocycles. The number of carbonyl (C=O) groups is 1. The Hall–Kier alpha value is -0.610. The van der Waals surface area contributed by atoms with Crippen molar-refractivity contribution in [3.63, 3.8) is 0 Å². The second kappa shape index (κ2) is 12.3. The van der Waals surface area contributed by atoms with Crippen molar-refractivity contribution in [3.05, 3.63) is 0 Å². The van der Waals surface area contributed by atoms with Crippen LogP contribution in [-0.4, -0.2) is 110 Å². The standard InChI is InChI=1S/C21H40N6O.HI/c1-4-24-10-6-5-9-19(24)17-23-21(22-3)27-15-13-25(14-16-27)18(2)20(28)26-11-7-8-12-26;/h18-19H,4-17H2,1-3H3,(H,22,23);1H. The van der Waals surface area contributed by atoms with Crippen LogP contribution in [0.2, 0.25) is 0 Å². The summed E-state index contributed by atoms with van der Waals surface area (Å²) in [6.07, 6.45) is 6.26. The maximum Gasteiger partial charge on any atom is 0.239 e. The molecule has 3 aliphatic rings. The number of piperazine rings is 1. The zero-order chi connectivity index (χ0) is 19.9. The molecule has 168 valence electrons. The van der Waals surface area contributed by atoms with Crippen molar-refractivity contribution in [3.8, 4) is 0 Å². The Labute approximate surface area is 194 Å². The Kier molecular flexibility index (Phi) is 10.5. The van der Waals surface area contributed by atoms with Crippen LogP contribution < -0.4 is 5.32 Å². The number of guanidine groups is 1. The predicted octanol–water partition coefficient (Wildman–Crippen LogP) is 1.68. The van der Waals surface area contributed by atoms with E-state index in [1.54, 1.807) is 0 Å². The second-order valence-electron chi connectivity index (χ2n) is 8.44. The van der Waals surface area contributed by atoms with Gasteiger partial charge in [-0.2, -0.15) is 0 Å². The summed E-state index contributed by atoms with van der Waals surface area (Å²) < 4.78 is 0. The molecule has 29 heavy (non-hydrogen) atoms. The number of carbonyl (C=O) groups excluding carboxylic acids is 1. The summed E-state index contributed by atoms with van der Waals surface area (Å²) >= 11 is 0. The first-order valence-corrected chi connectivity index (χ1v) is 11.4. The summed E-state index contributed by atoms with van der Waals surface area (Å²) in [6, 6.07) is 0.616. The lowest BCUT2D eigenvalue weighted by atomic mass is 10.0. The minimum absolute atomic E-state index is 0. The Morgan fingerprint density at radius 3 is 2.28 bits per heavy atom. The predicted molar refractivity (Wildman–Crippen MR) is 130 cm³/mol. The number of likely N-dealkylation sites (tertiary alicyclic amines) is 2. The Bertz CT molecular complexity index is 531. The molecule has 0 aromatic carbocycles. The highest BCUT2D eigenvalue weighted by Gasteiger charge is 2.30. The van der Waals surface area contributed by atoms with Gasteiger partial charge >= 0.3 is 0 Å². The number of halogens is 1. The lowest BCUT2D eigenvalue weighted by Crippen LogP contribution is -2.58. The van der Waals surface area contributed by atoms with E-state index in [0.717, 1.165) is 71.2 Å². The molecule has 0 radical (unpaired) electrons. The highest BCUT2D eigenvalue weighted by atomic mass is 127. The topological polar surface area (TPSA) is 54.4 Å². The smallest absolute Gasteiger partial charge is 0.239 e. The summed E-state index contributed by atoms with van der Waals surface area (Å²) in [5, 5.41) is 3.63. The first-order valence-electron chi connectivity index (χ1n) is 11.4. The molecular formula is C21H41IN6O. The fraction of sp³-hybridized carbons (Fsp3) is 0.905.